The first-order valence-electron chi connectivity index (χ1n) is 7.86. The molecular weight excluding hydrogens is 262 g/mol. The lowest BCUT2D eigenvalue weighted by Gasteiger charge is -2.33. The van der Waals surface area contributed by atoms with Crippen LogP contribution in [0.15, 0.2) is 36.9 Å². The van der Waals surface area contributed by atoms with Crippen molar-refractivity contribution in [3.63, 3.8) is 0 Å². The molecule has 2 aliphatic rings. The summed E-state index contributed by atoms with van der Waals surface area (Å²) in [7, 11) is 0. The molecule has 0 spiro atoms. The average Bonchev–Trinajstić information content (AvgIpc) is 3.19. The van der Waals surface area contributed by atoms with Crippen LogP contribution in [-0.4, -0.2) is 44.8 Å². The zero-order valence-electron chi connectivity index (χ0n) is 12.2. The number of anilines is 1. The predicted molar refractivity (Wildman–Crippen MR) is 82.6 cm³/mol. The van der Waals surface area contributed by atoms with E-state index in [1.54, 1.807) is 17.3 Å². The van der Waals surface area contributed by atoms with Crippen LogP contribution in [0.5, 0.6) is 0 Å². The largest absolute Gasteiger partial charge is 0.381 e. The van der Waals surface area contributed by atoms with Crippen LogP contribution in [0.2, 0.25) is 0 Å². The van der Waals surface area contributed by atoms with Gasteiger partial charge in [0.05, 0.1) is 5.69 Å². The molecule has 0 bridgehead atoms. The fraction of sp³-hybridized carbons (Fsp3) is 0.500. The van der Waals surface area contributed by atoms with Gasteiger partial charge < -0.3 is 5.32 Å². The highest BCUT2D eigenvalue weighted by Crippen LogP contribution is 2.29. The number of benzene rings is 1. The van der Waals surface area contributed by atoms with E-state index in [1.165, 1.54) is 44.5 Å². The molecule has 2 saturated heterocycles. The Labute approximate surface area is 125 Å². The van der Waals surface area contributed by atoms with Gasteiger partial charge in [-0.05, 0) is 50.1 Å². The molecule has 21 heavy (non-hydrogen) atoms. The number of piperidine rings is 1. The maximum absolute atomic E-state index is 4.15. The van der Waals surface area contributed by atoms with E-state index < -0.39 is 0 Å². The summed E-state index contributed by atoms with van der Waals surface area (Å²) in [5.74, 6) is 0. The number of aromatic nitrogens is 3. The molecule has 2 aromatic rings. The van der Waals surface area contributed by atoms with Gasteiger partial charge in [0.2, 0.25) is 0 Å². The summed E-state index contributed by atoms with van der Waals surface area (Å²) in [4.78, 5) is 6.64. The lowest BCUT2D eigenvalue weighted by molar-refractivity contribution is 0.193. The van der Waals surface area contributed by atoms with Crippen LogP contribution in [0.4, 0.5) is 5.69 Å². The Morgan fingerprint density at radius 2 is 1.95 bits per heavy atom. The van der Waals surface area contributed by atoms with E-state index in [4.69, 9.17) is 0 Å². The van der Waals surface area contributed by atoms with E-state index in [2.05, 4.69) is 44.6 Å². The topological polar surface area (TPSA) is 46.0 Å². The lowest BCUT2D eigenvalue weighted by Crippen LogP contribution is -2.41. The zero-order valence-corrected chi connectivity index (χ0v) is 12.2. The van der Waals surface area contributed by atoms with Crippen molar-refractivity contribution < 1.29 is 0 Å². The summed E-state index contributed by atoms with van der Waals surface area (Å²) >= 11 is 0. The normalized spacial score (nSPS) is 25.7. The van der Waals surface area contributed by atoms with Gasteiger partial charge in [-0.2, -0.15) is 5.10 Å². The van der Waals surface area contributed by atoms with Gasteiger partial charge in [-0.3, -0.25) is 4.90 Å². The second-order valence-electron chi connectivity index (χ2n) is 6.03. The van der Waals surface area contributed by atoms with E-state index in [9.17, 15) is 0 Å². The van der Waals surface area contributed by atoms with Crippen LogP contribution in [0, 0.1) is 0 Å². The number of nitrogens with zero attached hydrogens (tertiary/aromatic N) is 4. The SMILES string of the molecule is c1ncn(-c2ccc(NC3CCN4CCCCC34)cc2)n1. The van der Waals surface area contributed by atoms with E-state index in [0.717, 1.165) is 11.7 Å². The Morgan fingerprint density at radius 1 is 1.05 bits per heavy atom. The standard InChI is InChI=1S/C16H21N5/c1-2-9-20-10-8-15(16(20)3-1)19-13-4-6-14(7-5-13)21-12-17-11-18-21/h4-7,11-12,15-16,19H,1-3,8-10H2. The predicted octanol–water partition coefficient (Wildman–Crippen LogP) is 2.31. The number of rotatable bonds is 3. The molecule has 110 valence electrons. The molecule has 5 nitrogen and oxygen atoms in total. The molecule has 0 saturated carbocycles. The number of hydrogen-bond acceptors (Lipinski definition) is 4. The van der Waals surface area contributed by atoms with Gasteiger partial charge in [0.1, 0.15) is 12.7 Å². The monoisotopic (exact) mass is 283 g/mol. The number of fused-ring (bicyclic) bond motifs is 1. The van der Waals surface area contributed by atoms with Crippen LogP contribution in [0.25, 0.3) is 5.69 Å². The second-order valence-corrected chi connectivity index (χ2v) is 6.03. The van der Waals surface area contributed by atoms with Crippen LogP contribution >= 0.6 is 0 Å². The molecule has 1 aromatic carbocycles. The zero-order chi connectivity index (χ0) is 14.1. The van der Waals surface area contributed by atoms with Crippen LogP contribution < -0.4 is 5.32 Å². The summed E-state index contributed by atoms with van der Waals surface area (Å²) < 4.78 is 1.78. The smallest absolute Gasteiger partial charge is 0.138 e. The van der Waals surface area contributed by atoms with Gasteiger partial charge in [0, 0.05) is 24.3 Å². The third kappa shape index (κ3) is 2.53. The fourth-order valence-electron chi connectivity index (χ4n) is 3.68. The molecule has 2 fully saturated rings. The summed E-state index contributed by atoms with van der Waals surface area (Å²) in [6, 6.07) is 9.79. The quantitative estimate of drug-likeness (QED) is 0.939. The number of hydrogen-bond donors (Lipinski definition) is 1. The Balaban J connectivity index is 1.45. The summed E-state index contributed by atoms with van der Waals surface area (Å²) in [5, 5.41) is 7.88. The van der Waals surface area contributed by atoms with E-state index in [1.807, 2.05) is 0 Å². The first kappa shape index (κ1) is 12.8. The minimum absolute atomic E-state index is 0.600. The molecule has 5 heteroatoms. The van der Waals surface area contributed by atoms with Crippen molar-refractivity contribution in [2.24, 2.45) is 0 Å². The summed E-state index contributed by atoms with van der Waals surface area (Å²) in [6.45, 7) is 2.54. The molecule has 0 radical (unpaired) electrons. The van der Waals surface area contributed by atoms with Crippen molar-refractivity contribution in [3.8, 4) is 5.69 Å². The Hall–Kier alpha value is -1.88. The molecule has 4 rings (SSSR count). The third-order valence-electron chi connectivity index (χ3n) is 4.76. The average molecular weight is 283 g/mol. The molecule has 3 heterocycles. The Morgan fingerprint density at radius 3 is 2.76 bits per heavy atom. The van der Waals surface area contributed by atoms with Gasteiger partial charge >= 0.3 is 0 Å². The molecule has 2 aliphatic heterocycles. The van der Waals surface area contributed by atoms with Gasteiger partial charge in [-0.25, -0.2) is 9.67 Å². The van der Waals surface area contributed by atoms with E-state index in [-0.39, 0.29) is 0 Å². The first-order valence-corrected chi connectivity index (χ1v) is 7.86. The highest BCUT2D eigenvalue weighted by molar-refractivity contribution is 5.49. The van der Waals surface area contributed by atoms with Crippen molar-refractivity contribution in [2.45, 2.75) is 37.8 Å². The van der Waals surface area contributed by atoms with E-state index >= 15 is 0 Å². The van der Waals surface area contributed by atoms with Gasteiger partial charge in [-0.1, -0.05) is 6.42 Å². The van der Waals surface area contributed by atoms with Crippen LogP contribution in [0.1, 0.15) is 25.7 Å². The van der Waals surface area contributed by atoms with Crippen LogP contribution in [0.3, 0.4) is 0 Å². The molecule has 0 aliphatic carbocycles. The van der Waals surface area contributed by atoms with Gasteiger partial charge in [0.15, 0.2) is 0 Å². The first-order chi connectivity index (χ1) is 10.4. The van der Waals surface area contributed by atoms with Crippen molar-refractivity contribution in [3.05, 3.63) is 36.9 Å². The highest BCUT2D eigenvalue weighted by atomic mass is 15.3. The van der Waals surface area contributed by atoms with Crippen molar-refractivity contribution in [2.75, 3.05) is 18.4 Å². The Bertz CT molecular complexity index is 577. The highest BCUT2D eigenvalue weighted by Gasteiger charge is 2.35. The summed E-state index contributed by atoms with van der Waals surface area (Å²) in [5.41, 5.74) is 2.25. The molecule has 2 unspecified atom stereocenters. The van der Waals surface area contributed by atoms with Crippen molar-refractivity contribution in [1.29, 1.82) is 0 Å². The van der Waals surface area contributed by atoms with Crippen molar-refractivity contribution >= 4 is 5.69 Å². The van der Waals surface area contributed by atoms with Crippen LogP contribution in [-0.2, 0) is 0 Å². The fourth-order valence-corrected chi connectivity index (χ4v) is 3.68. The van der Waals surface area contributed by atoms with Crippen molar-refractivity contribution in [1.82, 2.24) is 19.7 Å². The molecule has 0 amide bonds. The third-order valence-corrected chi connectivity index (χ3v) is 4.76. The lowest BCUT2D eigenvalue weighted by atomic mass is 9.99. The molecule has 2 atom stereocenters. The van der Waals surface area contributed by atoms with Gasteiger partial charge in [0.25, 0.3) is 0 Å². The molecular formula is C16H21N5. The number of nitrogens with one attached hydrogen (secondary N) is 1. The maximum Gasteiger partial charge on any atom is 0.138 e. The minimum atomic E-state index is 0.600. The van der Waals surface area contributed by atoms with E-state index in [0.29, 0.717) is 6.04 Å². The molecule has 1 N–H and O–H groups in total. The summed E-state index contributed by atoms with van der Waals surface area (Å²) in [6.07, 6.45) is 8.63. The Kier molecular flexibility index (Phi) is 3.35. The maximum atomic E-state index is 4.15. The second kappa shape index (κ2) is 5.48. The molecule has 1 aromatic heterocycles. The minimum Gasteiger partial charge on any atom is -0.381 e. The van der Waals surface area contributed by atoms with Gasteiger partial charge in [-0.15, -0.1) is 0 Å².